The molecule has 0 aliphatic carbocycles. The minimum atomic E-state index is -3.07. The Kier molecular flexibility index (Phi) is 3.08. The van der Waals surface area contributed by atoms with Crippen molar-refractivity contribution >= 4 is 21.2 Å². The lowest BCUT2D eigenvalue weighted by Gasteiger charge is -2.01. The molecule has 74 valence electrons. The molecule has 1 rings (SSSR count). The van der Waals surface area contributed by atoms with Crippen LogP contribution in [0.25, 0.3) is 0 Å². The molecule has 0 bridgehead atoms. The van der Waals surface area contributed by atoms with Crippen molar-refractivity contribution in [1.82, 2.24) is 4.98 Å². The van der Waals surface area contributed by atoms with E-state index in [-0.39, 0.29) is 0 Å². The summed E-state index contributed by atoms with van der Waals surface area (Å²) < 4.78 is 22.6. The van der Waals surface area contributed by atoms with Crippen molar-refractivity contribution in [3.63, 3.8) is 0 Å². The van der Waals surface area contributed by atoms with Gasteiger partial charge in [0.2, 0.25) is 0 Å². The summed E-state index contributed by atoms with van der Waals surface area (Å²) in [5, 5.41) is 0.905. The number of aromatic nitrogens is 1. The molecule has 0 saturated carbocycles. The molecule has 1 aromatic rings. The van der Waals surface area contributed by atoms with E-state index in [1.54, 1.807) is 0 Å². The highest BCUT2D eigenvalue weighted by Crippen LogP contribution is 2.26. The van der Waals surface area contributed by atoms with Gasteiger partial charge in [-0.15, -0.1) is 11.3 Å². The molecule has 13 heavy (non-hydrogen) atoms. The Bertz CT molecular complexity index is 381. The zero-order valence-electron chi connectivity index (χ0n) is 7.94. The molecule has 1 aromatic heterocycles. The average molecular weight is 219 g/mol. The Morgan fingerprint density at radius 3 is 2.62 bits per heavy atom. The van der Waals surface area contributed by atoms with Gasteiger partial charge in [-0.25, -0.2) is 13.4 Å². The van der Waals surface area contributed by atoms with Gasteiger partial charge in [0, 0.05) is 12.2 Å². The maximum Gasteiger partial charge on any atom is 0.186 e. The fourth-order valence-electron chi connectivity index (χ4n) is 0.846. The maximum absolute atomic E-state index is 11.1. The maximum atomic E-state index is 11.1. The summed E-state index contributed by atoms with van der Waals surface area (Å²) in [4.78, 5) is 4.09. The van der Waals surface area contributed by atoms with Gasteiger partial charge in [-0.3, -0.25) is 0 Å². The van der Waals surface area contributed by atoms with Crippen molar-refractivity contribution in [2.45, 2.75) is 30.4 Å². The minimum Gasteiger partial charge on any atom is -0.248 e. The molecule has 3 nitrogen and oxygen atoms in total. The molecule has 0 N–H and O–H groups in total. The first-order chi connectivity index (χ1) is 5.95. The van der Waals surface area contributed by atoms with Crippen LogP contribution in [0.5, 0.6) is 0 Å². The van der Waals surface area contributed by atoms with Gasteiger partial charge in [0.25, 0.3) is 0 Å². The molecule has 5 heteroatoms. The highest BCUT2D eigenvalue weighted by atomic mass is 32.2. The highest BCUT2D eigenvalue weighted by Gasteiger charge is 2.14. The number of hydrogen-bond donors (Lipinski definition) is 0. The van der Waals surface area contributed by atoms with E-state index in [4.69, 9.17) is 0 Å². The Labute approximate surface area is 82.7 Å². The number of thiazole rings is 1. The van der Waals surface area contributed by atoms with Gasteiger partial charge in [0.05, 0.1) is 11.2 Å². The van der Waals surface area contributed by atoms with Gasteiger partial charge < -0.3 is 0 Å². The molecule has 1 heterocycles. The van der Waals surface area contributed by atoms with Crippen molar-refractivity contribution in [2.24, 2.45) is 0 Å². The monoisotopic (exact) mass is 219 g/mol. The van der Waals surface area contributed by atoms with Crippen molar-refractivity contribution in [3.8, 4) is 0 Å². The number of sulfone groups is 1. The van der Waals surface area contributed by atoms with Crippen LogP contribution in [-0.4, -0.2) is 19.7 Å². The zero-order valence-corrected chi connectivity index (χ0v) is 9.58. The van der Waals surface area contributed by atoms with E-state index in [0.717, 1.165) is 11.4 Å². The van der Waals surface area contributed by atoms with Crippen LogP contribution >= 0.6 is 11.3 Å². The van der Waals surface area contributed by atoms with Gasteiger partial charge >= 0.3 is 0 Å². The predicted molar refractivity (Wildman–Crippen MR) is 53.9 cm³/mol. The normalized spacial score (nSPS) is 14.4. The zero-order chi connectivity index (χ0) is 10.1. The van der Waals surface area contributed by atoms with E-state index in [1.807, 2.05) is 6.92 Å². The summed E-state index contributed by atoms with van der Waals surface area (Å²) in [6.07, 6.45) is 3.64. The van der Waals surface area contributed by atoms with Crippen LogP contribution in [0, 0.1) is 0 Å². The summed E-state index contributed by atoms with van der Waals surface area (Å²) in [7, 11) is -3.07. The molecule has 1 atom stereocenters. The second-order valence-corrected chi connectivity index (χ2v) is 6.40. The molecule has 0 radical (unpaired) electrons. The van der Waals surface area contributed by atoms with Crippen molar-refractivity contribution in [1.29, 1.82) is 0 Å². The summed E-state index contributed by atoms with van der Waals surface area (Å²) in [5.74, 6) is 0.348. The van der Waals surface area contributed by atoms with Crippen LogP contribution in [0.3, 0.4) is 0 Å². The lowest BCUT2D eigenvalue weighted by atomic mass is 10.1. The number of rotatable bonds is 3. The van der Waals surface area contributed by atoms with E-state index in [2.05, 4.69) is 11.9 Å². The Morgan fingerprint density at radius 1 is 1.62 bits per heavy atom. The average Bonchev–Trinajstić information content (AvgIpc) is 2.50. The first kappa shape index (κ1) is 10.7. The Morgan fingerprint density at radius 2 is 2.23 bits per heavy atom. The van der Waals surface area contributed by atoms with Crippen LogP contribution in [0.15, 0.2) is 10.4 Å². The molecule has 0 spiro atoms. The molecule has 0 aromatic carbocycles. The molecule has 1 unspecified atom stereocenters. The molecule has 0 fully saturated rings. The fraction of sp³-hybridized carbons (Fsp3) is 0.625. The fourth-order valence-corrected chi connectivity index (χ4v) is 2.74. The first-order valence-electron chi connectivity index (χ1n) is 4.11. The third-order valence-corrected chi connectivity index (χ3v) is 4.92. The molecule has 0 saturated heterocycles. The van der Waals surface area contributed by atoms with Crippen molar-refractivity contribution in [2.75, 3.05) is 6.26 Å². The van der Waals surface area contributed by atoms with E-state index in [1.165, 1.54) is 23.8 Å². The van der Waals surface area contributed by atoms with E-state index >= 15 is 0 Å². The Balaban J connectivity index is 3.00. The molecular weight excluding hydrogens is 206 g/mol. The summed E-state index contributed by atoms with van der Waals surface area (Å²) in [5.41, 5.74) is 0. The lowest BCUT2D eigenvalue weighted by Crippen LogP contribution is -1.92. The largest absolute Gasteiger partial charge is 0.248 e. The van der Waals surface area contributed by atoms with Crippen molar-refractivity contribution < 1.29 is 8.42 Å². The van der Waals surface area contributed by atoms with Crippen molar-refractivity contribution in [3.05, 3.63) is 11.2 Å². The van der Waals surface area contributed by atoms with E-state index in [9.17, 15) is 8.42 Å². The van der Waals surface area contributed by atoms with Crippen LogP contribution in [-0.2, 0) is 9.84 Å². The van der Waals surface area contributed by atoms with Gasteiger partial charge in [-0.05, 0) is 6.42 Å². The number of hydrogen-bond acceptors (Lipinski definition) is 4. The van der Waals surface area contributed by atoms with Crippen LogP contribution in [0.1, 0.15) is 31.2 Å². The highest BCUT2D eigenvalue weighted by molar-refractivity contribution is 7.92. The quantitative estimate of drug-likeness (QED) is 0.781. The summed E-state index contributed by atoms with van der Waals surface area (Å²) in [6.45, 7) is 4.11. The second-order valence-electron chi connectivity index (χ2n) is 3.10. The smallest absolute Gasteiger partial charge is 0.186 e. The van der Waals surface area contributed by atoms with Crippen LogP contribution < -0.4 is 0 Å². The third kappa shape index (κ3) is 2.51. The second kappa shape index (κ2) is 3.75. The van der Waals surface area contributed by atoms with Gasteiger partial charge in [0.1, 0.15) is 4.21 Å². The van der Waals surface area contributed by atoms with E-state index < -0.39 is 9.84 Å². The molecule has 0 aliphatic heterocycles. The summed E-state index contributed by atoms with van der Waals surface area (Å²) >= 11 is 1.27. The molecular formula is C8H13NO2S2. The minimum absolute atomic E-state index is 0.348. The van der Waals surface area contributed by atoms with Crippen LogP contribution in [0.2, 0.25) is 0 Å². The number of nitrogens with zero attached hydrogens (tertiary/aromatic N) is 1. The Hall–Kier alpha value is -0.420. The van der Waals surface area contributed by atoms with E-state index in [0.29, 0.717) is 10.1 Å². The van der Waals surface area contributed by atoms with Gasteiger partial charge in [-0.1, -0.05) is 13.8 Å². The first-order valence-corrected chi connectivity index (χ1v) is 6.81. The molecule has 0 amide bonds. The van der Waals surface area contributed by atoms with Gasteiger partial charge in [0.15, 0.2) is 9.84 Å². The topological polar surface area (TPSA) is 47.0 Å². The standard InChI is InChI=1S/C8H13NO2S2/c1-4-6(2)8-9-5-7(12-8)13(3,10)11/h5-6H,4H2,1-3H3. The summed E-state index contributed by atoms with van der Waals surface area (Å²) in [6, 6.07) is 0. The SMILES string of the molecule is CCC(C)c1ncc(S(C)(=O)=O)s1. The van der Waals surface area contributed by atoms with Crippen LogP contribution in [0.4, 0.5) is 0 Å². The third-order valence-electron chi connectivity index (χ3n) is 1.90. The lowest BCUT2D eigenvalue weighted by molar-refractivity contribution is 0.603. The molecule has 0 aliphatic rings. The van der Waals surface area contributed by atoms with Gasteiger partial charge in [-0.2, -0.15) is 0 Å². The predicted octanol–water partition coefficient (Wildman–Crippen LogP) is 2.06.